The van der Waals surface area contributed by atoms with Gasteiger partial charge in [0.15, 0.2) is 0 Å². The van der Waals surface area contributed by atoms with Crippen LogP contribution in [0.5, 0.6) is 5.75 Å². The quantitative estimate of drug-likeness (QED) is 0.742. The van der Waals surface area contributed by atoms with Gasteiger partial charge in [-0.25, -0.2) is 13.1 Å². The molecule has 27 heavy (non-hydrogen) atoms. The summed E-state index contributed by atoms with van der Waals surface area (Å²) in [6.07, 6.45) is -5.94. The number of hydrogen-bond donors (Lipinski definition) is 2. The highest BCUT2D eigenvalue weighted by Gasteiger charge is 2.31. The van der Waals surface area contributed by atoms with Crippen LogP contribution in [0.4, 0.5) is 18.9 Å². The minimum absolute atomic E-state index is 0.243. The van der Waals surface area contributed by atoms with Gasteiger partial charge in [0.05, 0.1) is 11.0 Å². The molecule has 148 valence electrons. The monoisotopic (exact) mass is 404 g/mol. The Balaban J connectivity index is 2.01. The second-order valence-corrected chi connectivity index (χ2v) is 7.64. The van der Waals surface area contributed by atoms with E-state index in [4.69, 9.17) is 0 Å². The Hall–Kier alpha value is -2.30. The summed E-state index contributed by atoms with van der Waals surface area (Å²) in [4.78, 5) is 1.64. The van der Waals surface area contributed by atoms with Crippen molar-refractivity contribution in [2.75, 3.05) is 25.5 Å². The topological polar surface area (TPSA) is 78.9 Å². The fraction of sp³-hybridized carbons (Fsp3) is 0.294. The van der Waals surface area contributed by atoms with E-state index in [0.29, 0.717) is 5.56 Å². The summed E-state index contributed by atoms with van der Waals surface area (Å²) >= 11 is 0. The Labute approximate surface area is 155 Å². The molecule has 0 aromatic heterocycles. The van der Waals surface area contributed by atoms with Gasteiger partial charge in [-0.15, -0.1) is 13.2 Å². The van der Waals surface area contributed by atoms with E-state index in [2.05, 4.69) is 9.46 Å². The van der Waals surface area contributed by atoms with Crippen LogP contribution in [-0.4, -0.2) is 40.5 Å². The fourth-order valence-electron chi connectivity index (χ4n) is 2.20. The maximum absolute atomic E-state index is 12.2. The standard InChI is InChI=1S/C17H19F3N2O4S/c1-22(2)13-5-3-12(4-6-13)16(23)11-21-27(24,25)15-9-7-14(8-10-15)26-17(18,19)20/h3-10,16,21,23H,11H2,1-2H3/t16-/m0/s1. The first-order chi connectivity index (χ1) is 12.5. The zero-order valence-electron chi connectivity index (χ0n) is 14.6. The smallest absolute Gasteiger partial charge is 0.406 e. The van der Waals surface area contributed by atoms with Crippen molar-refractivity contribution in [2.24, 2.45) is 0 Å². The van der Waals surface area contributed by atoms with Crippen molar-refractivity contribution in [1.82, 2.24) is 4.72 Å². The van der Waals surface area contributed by atoms with Crippen molar-refractivity contribution in [1.29, 1.82) is 0 Å². The van der Waals surface area contributed by atoms with Crippen molar-refractivity contribution < 1.29 is 31.4 Å². The van der Waals surface area contributed by atoms with E-state index in [1.54, 1.807) is 24.3 Å². The van der Waals surface area contributed by atoms with Gasteiger partial charge in [-0.2, -0.15) is 0 Å². The number of benzene rings is 2. The number of aliphatic hydroxyl groups is 1. The molecule has 0 spiro atoms. The average molecular weight is 404 g/mol. The maximum Gasteiger partial charge on any atom is 0.573 e. The summed E-state index contributed by atoms with van der Waals surface area (Å²) in [5.74, 6) is -0.525. The third-order valence-electron chi connectivity index (χ3n) is 3.63. The van der Waals surface area contributed by atoms with Crippen LogP contribution >= 0.6 is 0 Å². The number of halogens is 3. The third-order valence-corrected chi connectivity index (χ3v) is 5.07. The Morgan fingerprint density at radius 1 is 1.07 bits per heavy atom. The second-order valence-electron chi connectivity index (χ2n) is 5.87. The first kappa shape index (κ1) is 21.0. The van der Waals surface area contributed by atoms with Crippen LogP contribution in [0.15, 0.2) is 53.4 Å². The number of ether oxygens (including phenoxy) is 1. The lowest BCUT2D eigenvalue weighted by Gasteiger charge is -2.16. The lowest BCUT2D eigenvalue weighted by molar-refractivity contribution is -0.274. The number of anilines is 1. The van der Waals surface area contributed by atoms with Crippen molar-refractivity contribution in [3.63, 3.8) is 0 Å². The van der Waals surface area contributed by atoms with E-state index in [1.165, 1.54) is 0 Å². The molecule has 0 radical (unpaired) electrons. The van der Waals surface area contributed by atoms with Gasteiger partial charge in [0, 0.05) is 26.3 Å². The Bertz CT molecular complexity index is 851. The summed E-state index contributed by atoms with van der Waals surface area (Å²) in [5, 5.41) is 10.1. The van der Waals surface area contributed by atoms with Gasteiger partial charge in [0.1, 0.15) is 5.75 Å². The Morgan fingerprint density at radius 3 is 2.11 bits per heavy atom. The molecule has 2 N–H and O–H groups in total. The molecule has 0 fully saturated rings. The first-order valence-corrected chi connectivity index (χ1v) is 9.27. The van der Waals surface area contributed by atoms with Gasteiger partial charge in [-0.3, -0.25) is 0 Å². The summed E-state index contributed by atoms with van der Waals surface area (Å²) in [7, 11) is -0.269. The van der Waals surface area contributed by atoms with Crippen molar-refractivity contribution in [3.05, 3.63) is 54.1 Å². The van der Waals surface area contributed by atoms with Crippen LogP contribution in [0, 0.1) is 0 Å². The van der Waals surface area contributed by atoms with Gasteiger partial charge in [-0.05, 0) is 42.0 Å². The number of nitrogens with one attached hydrogen (secondary N) is 1. The molecule has 0 amide bonds. The van der Waals surface area contributed by atoms with Crippen LogP contribution in [0.2, 0.25) is 0 Å². The number of nitrogens with zero attached hydrogens (tertiary/aromatic N) is 1. The first-order valence-electron chi connectivity index (χ1n) is 7.79. The number of aliphatic hydroxyl groups excluding tert-OH is 1. The summed E-state index contributed by atoms with van der Waals surface area (Å²) in [6, 6.07) is 10.7. The van der Waals surface area contributed by atoms with Gasteiger partial charge in [-0.1, -0.05) is 12.1 Å². The van der Waals surface area contributed by atoms with Gasteiger partial charge >= 0.3 is 6.36 Å². The van der Waals surface area contributed by atoms with Crippen LogP contribution in [0.3, 0.4) is 0 Å². The number of hydrogen-bond acceptors (Lipinski definition) is 5. The van der Waals surface area contributed by atoms with Crippen molar-refractivity contribution in [3.8, 4) is 5.75 Å². The molecule has 10 heteroatoms. The highest BCUT2D eigenvalue weighted by Crippen LogP contribution is 2.24. The molecule has 0 saturated carbocycles. The second kappa shape index (κ2) is 8.15. The van der Waals surface area contributed by atoms with Crippen molar-refractivity contribution in [2.45, 2.75) is 17.4 Å². The van der Waals surface area contributed by atoms with Gasteiger partial charge < -0.3 is 14.7 Å². The van der Waals surface area contributed by atoms with Gasteiger partial charge in [0.2, 0.25) is 10.0 Å². The summed E-state index contributed by atoms with van der Waals surface area (Å²) in [5.41, 5.74) is 1.45. The molecule has 0 aliphatic heterocycles. The van der Waals surface area contributed by atoms with Crippen LogP contribution in [-0.2, 0) is 10.0 Å². The Morgan fingerprint density at radius 2 is 1.63 bits per heavy atom. The van der Waals surface area contributed by atoms with Gasteiger partial charge in [0.25, 0.3) is 0 Å². The molecule has 0 heterocycles. The molecule has 0 aliphatic rings. The SMILES string of the molecule is CN(C)c1ccc([C@@H](O)CNS(=O)(=O)c2ccc(OC(F)(F)F)cc2)cc1. The molecule has 6 nitrogen and oxygen atoms in total. The van der Waals surface area contributed by atoms with E-state index in [1.807, 2.05) is 19.0 Å². The zero-order valence-corrected chi connectivity index (χ0v) is 15.4. The molecule has 0 saturated heterocycles. The van der Waals surface area contributed by atoms with E-state index in [9.17, 15) is 26.7 Å². The van der Waals surface area contributed by atoms with E-state index in [-0.39, 0.29) is 11.4 Å². The number of alkyl halides is 3. The maximum atomic E-state index is 12.2. The molecule has 0 bridgehead atoms. The molecule has 2 rings (SSSR count). The third kappa shape index (κ3) is 6.12. The van der Waals surface area contributed by atoms with Crippen LogP contribution in [0.1, 0.15) is 11.7 Å². The molecular formula is C17H19F3N2O4S. The average Bonchev–Trinajstić information content (AvgIpc) is 2.59. The predicted octanol–water partition coefficient (Wildman–Crippen LogP) is 2.66. The molecule has 2 aromatic rings. The highest BCUT2D eigenvalue weighted by molar-refractivity contribution is 7.89. The zero-order chi connectivity index (χ0) is 20.2. The van der Waals surface area contributed by atoms with Crippen LogP contribution in [0.25, 0.3) is 0 Å². The largest absolute Gasteiger partial charge is 0.573 e. The van der Waals surface area contributed by atoms with E-state index >= 15 is 0 Å². The van der Waals surface area contributed by atoms with Crippen molar-refractivity contribution >= 4 is 15.7 Å². The molecule has 2 aromatic carbocycles. The Kier molecular flexibility index (Phi) is 6.34. The predicted molar refractivity (Wildman–Crippen MR) is 94.0 cm³/mol. The lowest BCUT2D eigenvalue weighted by atomic mass is 10.1. The molecule has 1 atom stereocenters. The lowest BCUT2D eigenvalue weighted by Crippen LogP contribution is -2.28. The summed E-state index contributed by atoms with van der Waals surface area (Å²) < 4.78 is 66.7. The summed E-state index contributed by atoms with van der Waals surface area (Å²) in [6.45, 7) is -0.287. The minimum Gasteiger partial charge on any atom is -0.406 e. The van der Waals surface area contributed by atoms with E-state index < -0.39 is 28.2 Å². The normalized spacial score (nSPS) is 13.3. The molecule has 0 aliphatic carbocycles. The molecular weight excluding hydrogens is 385 g/mol. The number of sulfonamides is 1. The highest BCUT2D eigenvalue weighted by atomic mass is 32.2. The fourth-order valence-corrected chi connectivity index (χ4v) is 3.24. The van der Waals surface area contributed by atoms with E-state index in [0.717, 1.165) is 30.0 Å². The minimum atomic E-state index is -4.86. The molecule has 0 unspecified atom stereocenters. The number of rotatable bonds is 7. The van der Waals surface area contributed by atoms with Crippen LogP contribution < -0.4 is 14.4 Å².